The van der Waals surface area contributed by atoms with E-state index in [9.17, 15) is 19.5 Å². The van der Waals surface area contributed by atoms with E-state index in [-0.39, 0.29) is 61.0 Å². The molecule has 244 valence electrons. The molecule has 8 atom stereocenters. The topological polar surface area (TPSA) is 123 Å². The number of para-hydroxylation sites is 1. The average Bonchev–Trinajstić information content (AvgIpc) is 2.99. The molecule has 2 aliphatic carbocycles. The molecule has 0 radical (unpaired) electrons. The van der Waals surface area contributed by atoms with E-state index in [0.29, 0.717) is 31.1 Å². The van der Waals surface area contributed by atoms with E-state index in [4.69, 9.17) is 14.2 Å². The van der Waals surface area contributed by atoms with Crippen LogP contribution in [0.25, 0.3) is 0 Å². The molecule has 0 saturated heterocycles. The number of aliphatic hydroxyl groups is 1. The Morgan fingerprint density at radius 3 is 2.57 bits per heavy atom. The molecule has 3 rings (SSSR count). The van der Waals surface area contributed by atoms with Crippen LogP contribution in [0.15, 0.2) is 48.1 Å². The second-order valence-corrected chi connectivity index (χ2v) is 12.4. The van der Waals surface area contributed by atoms with Crippen LogP contribution in [0.3, 0.4) is 0 Å². The van der Waals surface area contributed by atoms with Gasteiger partial charge in [-0.2, -0.15) is 0 Å². The van der Waals surface area contributed by atoms with Crippen molar-refractivity contribution in [2.45, 2.75) is 98.0 Å². The van der Waals surface area contributed by atoms with Gasteiger partial charge < -0.3 is 30.0 Å². The molecule has 1 unspecified atom stereocenters. The lowest BCUT2D eigenvalue weighted by Gasteiger charge is -2.43. The number of hydrogen-bond donors (Lipinski definition) is 3. The van der Waals surface area contributed by atoms with Gasteiger partial charge in [0.25, 0.3) is 0 Å². The standard InChI is InChI=1S/C35H52N2O7/c1-7-23(4)34(40)44-31-18-22(3)17-25-14-13-24(5)29(33(25)31)16-15-28(43-35(41)36-8-2)19-27(38)20-32(39)37-21-26-11-9-10-12-30(26)42-6/h9-14,17,22-24,27-29,31,33,38H,7-8,15-16,18-21H2,1-6H3,(H,36,41)(H,37,39)/t22-,23-,24-,27+,28+,29-,31-,33?/m0/s1. The number of hydrogen-bond acceptors (Lipinski definition) is 7. The summed E-state index contributed by atoms with van der Waals surface area (Å²) < 4.78 is 17.2. The number of rotatable bonds is 15. The van der Waals surface area contributed by atoms with Crippen LogP contribution in [-0.2, 0) is 25.6 Å². The number of carbonyl (C=O) groups is 3. The molecule has 44 heavy (non-hydrogen) atoms. The van der Waals surface area contributed by atoms with Crippen molar-refractivity contribution in [3.8, 4) is 5.75 Å². The van der Waals surface area contributed by atoms with Crippen molar-refractivity contribution in [1.82, 2.24) is 10.6 Å². The zero-order valence-electron chi connectivity index (χ0n) is 27.2. The lowest BCUT2D eigenvalue weighted by molar-refractivity contribution is -0.158. The van der Waals surface area contributed by atoms with Gasteiger partial charge in [0.05, 0.1) is 25.6 Å². The second-order valence-electron chi connectivity index (χ2n) is 12.4. The Morgan fingerprint density at radius 2 is 1.86 bits per heavy atom. The molecule has 2 amide bonds. The molecule has 1 aromatic rings. The molecule has 1 aromatic carbocycles. The van der Waals surface area contributed by atoms with Crippen LogP contribution in [0.2, 0.25) is 0 Å². The fraction of sp³-hybridized carbons (Fsp3) is 0.629. The van der Waals surface area contributed by atoms with Gasteiger partial charge in [0.2, 0.25) is 5.91 Å². The first-order chi connectivity index (χ1) is 21.1. The second kappa shape index (κ2) is 17.2. The van der Waals surface area contributed by atoms with Crippen LogP contribution in [0, 0.1) is 29.6 Å². The zero-order valence-corrected chi connectivity index (χ0v) is 27.2. The minimum absolute atomic E-state index is 0.0509. The summed E-state index contributed by atoms with van der Waals surface area (Å²) in [4.78, 5) is 37.9. The van der Waals surface area contributed by atoms with Crippen LogP contribution < -0.4 is 15.4 Å². The van der Waals surface area contributed by atoms with Crippen molar-refractivity contribution in [2.75, 3.05) is 13.7 Å². The van der Waals surface area contributed by atoms with E-state index >= 15 is 0 Å². The first-order valence-corrected chi connectivity index (χ1v) is 16.2. The SMILES string of the molecule is CCNC(=O)O[C@H](CC[C@@H]1C2C(=C[C@H](C)C[C@@H]2OC(=O)[C@@H](C)CC)C=C[C@@H]1C)C[C@@H](O)CC(=O)NCc1ccccc1OC. The summed E-state index contributed by atoms with van der Waals surface area (Å²) in [6.07, 6.45) is 7.03. The largest absolute Gasteiger partial charge is 0.496 e. The monoisotopic (exact) mass is 612 g/mol. The highest BCUT2D eigenvalue weighted by Crippen LogP contribution is 2.45. The van der Waals surface area contributed by atoms with Crippen LogP contribution >= 0.6 is 0 Å². The first kappa shape index (κ1) is 35.2. The normalized spacial score (nSPS) is 24.6. The molecule has 9 heteroatoms. The number of carbonyl (C=O) groups excluding carboxylic acids is 3. The smallest absolute Gasteiger partial charge is 0.407 e. The Balaban J connectivity index is 1.67. The van der Waals surface area contributed by atoms with Crippen LogP contribution in [-0.4, -0.2) is 55.0 Å². The summed E-state index contributed by atoms with van der Waals surface area (Å²) in [5, 5.41) is 16.4. The number of allylic oxidation sites excluding steroid dienone is 3. The van der Waals surface area contributed by atoms with E-state index in [2.05, 4.69) is 42.7 Å². The number of esters is 1. The molecule has 0 aromatic heterocycles. The lowest BCUT2D eigenvalue weighted by atomic mass is 9.65. The number of methoxy groups -OCH3 is 1. The maximum Gasteiger partial charge on any atom is 0.407 e. The molecule has 0 bridgehead atoms. The summed E-state index contributed by atoms with van der Waals surface area (Å²) in [6.45, 7) is 10.7. The molecule has 0 fully saturated rings. The Labute approximate surface area is 262 Å². The number of aliphatic hydroxyl groups excluding tert-OH is 1. The third kappa shape index (κ3) is 10.1. The van der Waals surface area contributed by atoms with Gasteiger partial charge >= 0.3 is 12.1 Å². The predicted octanol–water partition coefficient (Wildman–Crippen LogP) is 5.71. The third-order valence-electron chi connectivity index (χ3n) is 8.92. The van der Waals surface area contributed by atoms with Gasteiger partial charge in [-0.25, -0.2) is 4.79 Å². The van der Waals surface area contributed by atoms with Gasteiger partial charge in [0.1, 0.15) is 18.0 Å². The molecule has 9 nitrogen and oxygen atoms in total. The summed E-state index contributed by atoms with van der Waals surface area (Å²) in [6, 6.07) is 7.43. The van der Waals surface area contributed by atoms with Crippen molar-refractivity contribution in [3.05, 3.63) is 53.6 Å². The molecule has 0 heterocycles. The Bertz CT molecular complexity index is 1170. The molecule has 2 aliphatic rings. The van der Waals surface area contributed by atoms with Gasteiger partial charge in [0.15, 0.2) is 0 Å². The van der Waals surface area contributed by atoms with Crippen LogP contribution in [0.1, 0.15) is 78.7 Å². The predicted molar refractivity (Wildman–Crippen MR) is 170 cm³/mol. The van der Waals surface area contributed by atoms with Gasteiger partial charge in [-0.1, -0.05) is 64.1 Å². The average molecular weight is 613 g/mol. The fourth-order valence-corrected chi connectivity index (χ4v) is 6.31. The molecule has 0 spiro atoms. The van der Waals surface area contributed by atoms with Crippen molar-refractivity contribution in [3.63, 3.8) is 0 Å². The Morgan fingerprint density at radius 1 is 1.11 bits per heavy atom. The van der Waals surface area contributed by atoms with Crippen molar-refractivity contribution >= 4 is 18.0 Å². The highest BCUT2D eigenvalue weighted by atomic mass is 16.6. The highest BCUT2D eigenvalue weighted by Gasteiger charge is 2.42. The van der Waals surface area contributed by atoms with E-state index in [1.165, 1.54) is 5.57 Å². The molecule has 3 N–H and O–H groups in total. The van der Waals surface area contributed by atoms with Gasteiger partial charge in [-0.3, -0.25) is 9.59 Å². The number of alkyl carbamates (subject to hydrolysis) is 1. The number of nitrogens with one attached hydrogen (secondary N) is 2. The lowest BCUT2D eigenvalue weighted by Crippen LogP contribution is -2.42. The van der Waals surface area contributed by atoms with Crippen molar-refractivity contribution < 1.29 is 33.7 Å². The maximum atomic E-state index is 12.8. The maximum absolute atomic E-state index is 12.8. The molecular formula is C35H52N2O7. The number of amides is 2. The van der Waals surface area contributed by atoms with Gasteiger partial charge in [0, 0.05) is 31.0 Å². The summed E-state index contributed by atoms with van der Waals surface area (Å²) >= 11 is 0. The number of benzene rings is 1. The van der Waals surface area contributed by atoms with Crippen LogP contribution in [0.4, 0.5) is 4.79 Å². The molecular weight excluding hydrogens is 560 g/mol. The van der Waals surface area contributed by atoms with Gasteiger partial charge in [-0.15, -0.1) is 0 Å². The number of fused-ring (bicyclic) bond motifs is 1. The minimum Gasteiger partial charge on any atom is -0.496 e. The minimum atomic E-state index is -0.994. The summed E-state index contributed by atoms with van der Waals surface area (Å²) in [7, 11) is 1.58. The zero-order chi connectivity index (χ0) is 32.2. The number of ether oxygens (including phenoxy) is 3. The summed E-state index contributed by atoms with van der Waals surface area (Å²) in [5.41, 5.74) is 2.03. The van der Waals surface area contributed by atoms with E-state index in [0.717, 1.165) is 18.4 Å². The fourth-order valence-electron chi connectivity index (χ4n) is 6.31. The summed E-state index contributed by atoms with van der Waals surface area (Å²) in [5.74, 6) is 0.805. The van der Waals surface area contributed by atoms with Crippen molar-refractivity contribution in [2.24, 2.45) is 29.6 Å². The van der Waals surface area contributed by atoms with Crippen molar-refractivity contribution in [1.29, 1.82) is 0 Å². The Kier molecular flexibility index (Phi) is 13.8. The van der Waals surface area contributed by atoms with Crippen LogP contribution in [0.5, 0.6) is 5.75 Å². The van der Waals surface area contributed by atoms with E-state index in [1.54, 1.807) is 7.11 Å². The van der Waals surface area contributed by atoms with Gasteiger partial charge in [-0.05, 0) is 62.0 Å². The third-order valence-corrected chi connectivity index (χ3v) is 8.92. The molecule has 0 aliphatic heterocycles. The first-order valence-electron chi connectivity index (χ1n) is 16.2. The van der Waals surface area contributed by atoms with E-state index < -0.39 is 18.3 Å². The Hall–Kier alpha value is -3.33. The quantitative estimate of drug-likeness (QED) is 0.217. The molecule has 0 saturated carbocycles. The highest BCUT2D eigenvalue weighted by molar-refractivity contribution is 5.76. The van der Waals surface area contributed by atoms with E-state index in [1.807, 2.05) is 45.0 Å².